The molecule has 3 rings (SSSR count). The summed E-state index contributed by atoms with van der Waals surface area (Å²) in [5, 5.41) is 2.63. The maximum absolute atomic E-state index is 10.5. The summed E-state index contributed by atoms with van der Waals surface area (Å²) in [5.41, 5.74) is 2.24. The van der Waals surface area contributed by atoms with Gasteiger partial charge in [0.2, 0.25) is 6.41 Å². The maximum Gasteiger partial charge on any atom is 0.211 e. The first-order valence-corrected chi connectivity index (χ1v) is 5.53. The summed E-state index contributed by atoms with van der Waals surface area (Å²) in [4.78, 5) is 18.1. The minimum atomic E-state index is 0.639. The van der Waals surface area contributed by atoms with Crippen LogP contribution in [0.25, 0.3) is 22.6 Å². The molecule has 0 unspecified atom stereocenters. The number of H-pyrrole nitrogens is 1. The fourth-order valence-corrected chi connectivity index (χ4v) is 1.89. The molecule has 0 aliphatic heterocycles. The van der Waals surface area contributed by atoms with Gasteiger partial charge in [-0.2, -0.15) is 0 Å². The van der Waals surface area contributed by atoms with Crippen molar-refractivity contribution in [2.24, 2.45) is 0 Å². The molecule has 5 heteroatoms. The minimum Gasteiger partial charge on any atom is -0.458 e. The molecule has 0 bridgehead atoms. The van der Waals surface area contributed by atoms with Crippen LogP contribution in [0.3, 0.4) is 0 Å². The molecule has 1 amide bonds. The number of anilines is 1. The predicted octanol–water partition coefficient (Wildman–Crippen LogP) is 2.70. The van der Waals surface area contributed by atoms with Crippen LogP contribution in [0.2, 0.25) is 0 Å². The summed E-state index contributed by atoms with van der Waals surface area (Å²) in [5.74, 6) is 2.16. The van der Waals surface area contributed by atoms with Gasteiger partial charge >= 0.3 is 0 Å². The molecule has 0 radical (unpaired) electrons. The summed E-state index contributed by atoms with van der Waals surface area (Å²) >= 11 is 0. The van der Waals surface area contributed by atoms with E-state index in [1.807, 2.05) is 31.2 Å². The molecule has 2 heterocycles. The highest BCUT2D eigenvalue weighted by Gasteiger charge is 2.10. The third-order valence-electron chi connectivity index (χ3n) is 2.70. The Morgan fingerprint density at radius 2 is 2.22 bits per heavy atom. The Labute approximate surface area is 103 Å². The van der Waals surface area contributed by atoms with Crippen molar-refractivity contribution in [1.29, 1.82) is 0 Å². The molecule has 0 aliphatic carbocycles. The Hall–Kier alpha value is -2.56. The molecule has 0 aliphatic rings. The molecule has 2 aromatic heterocycles. The van der Waals surface area contributed by atoms with Crippen LogP contribution in [0.5, 0.6) is 0 Å². The summed E-state index contributed by atoms with van der Waals surface area (Å²) < 4.78 is 5.52. The number of aromatic amines is 1. The number of benzene rings is 1. The second-order valence-electron chi connectivity index (χ2n) is 3.96. The molecule has 18 heavy (non-hydrogen) atoms. The van der Waals surface area contributed by atoms with Crippen LogP contribution in [0.4, 0.5) is 5.69 Å². The highest BCUT2D eigenvalue weighted by Crippen LogP contribution is 2.26. The second kappa shape index (κ2) is 4.03. The maximum atomic E-state index is 10.5. The van der Waals surface area contributed by atoms with Gasteiger partial charge < -0.3 is 14.7 Å². The van der Waals surface area contributed by atoms with Crippen LogP contribution in [-0.4, -0.2) is 16.4 Å². The molecule has 2 N–H and O–H groups in total. The first kappa shape index (κ1) is 10.6. The normalized spacial score (nSPS) is 10.7. The van der Waals surface area contributed by atoms with Gasteiger partial charge in [-0.15, -0.1) is 0 Å². The number of fused-ring (bicyclic) bond motifs is 1. The summed E-state index contributed by atoms with van der Waals surface area (Å²) in [6.07, 6.45) is 0.639. The van der Waals surface area contributed by atoms with Crippen molar-refractivity contribution in [3.8, 4) is 11.6 Å². The number of rotatable bonds is 3. The number of aryl methyl sites for hydroxylation is 1. The Kier molecular flexibility index (Phi) is 2.37. The minimum absolute atomic E-state index is 0.639. The molecule has 0 saturated carbocycles. The second-order valence-corrected chi connectivity index (χ2v) is 3.96. The van der Waals surface area contributed by atoms with Crippen LogP contribution >= 0.6 is 0 Å². The van der Waals surface area contributed by atoms with E-state index in [0.717, 1.165) is 11.3 Å². The third kappa shape index (κ3) is 1.66. The van der Waals surface area contributed by atoms with Gasteiger partial charge in [0.1, 0.15) is 11.3 Å². The Morgan fingerprint density at radius 3 is 2.94 bits per heavy atom. The Balaban J connectivity index is 2.16. The molecular formula is C13H11N3O2. The quantitative estimate of drug-likeness (QED) is 0.692. The molecule has 1 aromatic carbocycles. The lowest BCUT2D eigenvalue weighted by Crippen LogP contribution is -1.93. The number of furan rings is 1. The number of nitrogens with zero attached hydrogens (tertiary/aromatic N) is 1. The topological polar surface area (TPSA) is 70.9 Å². The smallest absolute Gasteiger partial charge is 0.211 e. The van der Waals surface area contributed by atoms with Gasteiger partial charge in [-0.3, -0.25) is 4.79 Å². The van der Waals surface area contributed by atoms with Crippen molar-refractivity contribution >= 4 is 23.1 Å². The molecule has 90 valence electrons. The molecule has 0 fully saturated rings. The highest BCUT2D eigenvalue weighted by molar-refractivity contribution is 5.94. The van der Waals surface area contributed by atoms with E-state index < -0.39 is 0 Å². The first-order chi connectivity index (χ1) is 8.78. The lowest BCUT2D eigenvalue weighted by atomic mass is 10.3. The number of amides is 1. The van der Waals surface area contributed by atoms with Crippen LogP contribution in [0, 0.1) is 6.92 Å². The predicted molar refractivity (Wildman–Crippen MR) is 68.2 cm³/mol. The monoisotopic (exact) mass is 241 g/mol. The molecule has 0 saturated heterocycles. The van der Waals surface area contributed by atoms with Crippen molar-refractivity contribution in [3.63, 3.8) is 0 Å². The Morgan fingerprint density at radius 1 is 1.33 bits per heavy atom. The number of hydrogen-bond donors (Lipinski definition) is 2. The standard InChI is InChI=1S/C13H11N3O2/c1-8-5-6-11(18-8)13-15-10-4-2-3-9(14-7-17)12(10)16-13/h2-7H,1H3,(H,14,17)(H,15,16). The number of imidazole rings is 1. The lowest BCUT2D eigenvalue weighted by molar-refractivity contribution is -0.105. The summed E-state index contributed by atoms with van der Waals surface area (Å²) in [6.45, 7) is 1.88. The van der Waals surface area contributed by atoms with E-state index in [2.05, 4.69) is 15.3 Å². The molecular weight excluding hydrogens is 230 g/mol. The summed E-state index contributed by atoms with van der Waals surface area (Å²) in [6, 6.07) is 9.29. The van der Waals surface area contributed by atoms with Gasteiger partial charge in [-0.05, 0) is 31.2 Å². The number of aromatic nitrogens is 2. The SMILES string of the molecule is Cc1ccc(-c2nc3c(NC=O)cccc3[nH]2)o1. The molecule has 0 spiro atoms. The van der Waals surface area contributed by atoms with E-state index in [1.54, 1.807) is 6.07 Å². The van der Waals surface area contributed by atoms with E-state index in [4.69, 9.17) is 4.42 Å². The van der Waals surface area contributed by atoms with Crippen molar-refractivity contribution < 1.29 is 9.21 Å². The van der Waals surface area contributed by atoms with Crippen LogP contribution < -0.4 is 5.32 Å². The molecule has 5 nitrogen and oxygen atoms in total. The molecule has 3 aromatic rings. The van der Waals surface area contributed by atoms with Gasteiger partial charge in [-0.1, -0.05) is 6.07 Å². The zero-order valence-corrected chi connectivity index (χ0v) is 9.73. The van der Waals surface area contributed by atoms with Gasteiger partial charge in [-0.25, -0.2) is 4.98 Å². The fraction of sp³-hybridized carbons (Fsp3) is 0.0769. The van der Waals surface area contributed by atoms with Crippen LogP contribution in [-0.2, 0) is 4.79 Å². The average molecular weight is 241 g/mol. The lowest BCUT2D eigenvalue weighted by Gasteiger charge is -1.97. The van der Waals surface area contributed by atoms with Crippen LogP contribution in [0.15, 0.2) is 34.7 Å². The van der Waals surface area contributed by atoms with Crippen molar-refractivity contribution in [2.45, 2.75) is 6.92 Å². The van der Waals surface area contributed by atoms with Gasteiger partial charge in [0, 0.05) is 0 Å². The zero-order valence-electron chi connectivity index (χ0n) is 9.73. The number of hydrogen-bond acceptors (Lipinski definition) is 3. The number of carbonyl (C=O) groups is 1. The fourth-order valence-electron chi connectivity index (χ4n) is 1.89. The van der Waals surface area contributed by atoms with Crippen LogP contribution in [0.1, 0.15) is 5.76 Å². The van der Waals surface area contributed by atoms with Crippen molar-refractivity contribution in [3.05, 3.63) is 36.1 Å². The first-order valence-electron chi connectivity index (χ1n) is 5.53. The van der Waals surface area contributed by atoms with E-state index in [-0.39, 0.29) is 0 Å². The third-order valence-corrected chi connectivity index (χ3v) is 2.70. The highest BCUT2D eigenvalue weighted by atomic mass is 16.3. The number of carbonyl (C=O) groups excluding carboxylic acids is 1. The van der Waals surface area contributed by atoms with E-state index in [1.165, 1.54) is 0 Å². The zero-order chi connectivity index (χ0) is 12.5. The van der Waals surface area contributed by atoms with E-state index >= 15 is 0 Å². The van der Waals surface area contributed by atoms with Gasteiger partial charge in [0.15, 0.2) is 11.6 Å². The van der Waals surface area contributed by atoms with Crippen molar-refractivity contribution in [2.75, 3.05) is 5.32 Å². The largest absolute Gasteiger partial charge is 0.458 e. The Bertz CT molecular complexity index is 712. The average Bonchev–Trinajstić information content (AvgIpc) is 2.95. The van der Waals surface area contributed by atoms with Crippen molar-refractivity contribution in [1.82, 2.24) is 9.97 Å². The van der Waals surface area contributed by atoms with E-state index in [9.17, 15) is 4.79 Å². The summed E-state index contributed by atoms with van der Waals surface area (Å²) in [7, 11) is 0. The van der Waals surface area contributed by atoms with E-state index in [0.29, 0.717) is 29.2 Å². The van der Waals surface area contributed by atoms with Gasteiger partial charge in [0.25, 0.3) is 0 Å². The number of para-hydroxylation sites is 1. The van der Waals surface area contributed by atoms with Gasteiger partial charge in [0.05, 0.1) is 11.2 Å². The number of nitrogens with one attached hydrogen (secondary N) is 2. The molecule has 0 atom stereocenters.